The first-order valence-corrected chi connectivity index (χ1v) is 8.41. The smallest absolute Gasteiger partial charge is 0.111 e. The van der Waals surface area contributed by atoms with Crippen LogP contribution in [0.4, 0.5) is 5.69 Å². The fourth-order valence-electron chi connectivity index (χ4n) is 4.92. The van der Waals surface area contributed by atoms with E-state index < -0.39 is 0 Å². The topological polar surface area (TPSA) is 6.48 Å². The molecule has 0 fully saturated rings. The van der Waals surface area contributed by atoms with Crippen LogP contribution >= 0.6 is 0 Å². The molecule has 2 aromatic carbocycles. The summed E-state index contributed by atoms with van der Waals surface area (Å²) in [4.78, 5) is 4.77. The summed E-state index contributed by atoms with van der Waals surface area (Å²) < 4.78 is 0. The number of fused-ring (bicyclic) bond motifs is 6. The monoisotopic (exact) mass is 302 g/mol. The maximum absolute atomic E-state index is 2.46. The lowest BCUT2D eigenvalue weighted by Gasteiger charge is -2.29. The first-order valence-electron chi connectivity index (χ1n) is 8.41. The van der Waals surface area contributed by atoms with Crippen molar-refractivity contribution >= 4 is 5.69 Å². The maximum atomic E-state index is 2.46. The van der Waals surface area contributed by atoms with Gasteiger partial charge in [-0.3, -0.25) is 0 Å². The number of hydrogen-bond donors (Lipinski definition) is 0. The quantitative estimate of drug-likeness (QED) is 0.715. The SMILES string of the molecule is CN1C=CC2c3cc4c(cc3N(C)C21)C(C)(C)c1ccccc1-4. The van der Waals surface area contributed by atoms with Crippen LogP contribution in [0, 0.1) is 0 Å². The number of nitrogens with zero attached hydrogens (tertiary/aromatic N) is 2. The third-order valence-corrected chi connectivity index (χ3v) is 6.13. The summed E-state index contributed by atoms with van der Waals surface area (Å²) in [7, 11) is 4.41. The normalized spacial score (nSPS) is 25.4. The van der Waals surface area contributed by atoms with Gasteiger partial charge in [0.25, 0.3) is 0 Å². The van der Waals surface area contributed by atoms with Crippen LogP contribution < -0.4 is 4.90 Å². The fourth-order valence-corrected chi connectivity index (χ4v) is 4.92. The molecule has 23 heavy (non-hydrogen) atoms. The Balaban J connectivity index is 1.78. The summed E-state index contributed by atoms with van der Waals surface area (Å²) in [6.07, 6.45) is 5.01. The molecule has 0 N–H and O–H groups in total. The molecule has 2 unspecified atom stereocenters. The molecular weight excluding hydrogens is 280 g/mol. The largest absolute Gasteiger partial charge is 0.360 e. The summed E-state index contributed by atoms with van der Waals surface area (Å²) in [6.45, 7) is 4.71. The van der Waals surface area contributed by atoms with Crippen molar-refractivity contribution in [3.63, 3.8) is 0 Å². The van der Waals surface area contributed by atoms with Gasteiger partial charge in [-0.15, -0.1) is 0 Å². The molecule has 2 heterocycles. The fraction of sp³-hybridized carbons (Fsp3) is 0.333. The molecule has 5 rings (SSSR count). The van der Waals surface area contributed by atoms with Gasteiger partial charge in [0.2, 0.25) is 0 Å². The summed E-state index contributed by atoms with van der Waals surface area (Å²) in [5.41, 5.74) is 8.73. The van der Waals surface area contributed by atoms with Gasteiger partial charge in [-0.25, -0.2) is 0 Å². The van der Waals surface area contributed by atoms with E-state index in [1.165, 1.54) is 33.5 Å². The van der Waals surface area contributed by atoms with Gasteiger partial charge in [-0.2, -0.15) is 0 Å². The highest BCUT2D eigenvalue weighted by Crippen LogP contribution is 2.54. The Hall–Kier alpha value is -2.22. The lowest BCUT2D eigenvalue weighted by atomic mass is 9.82. The molecule has 0 spiro atoms. The molecule has 2 nitrogen and oxygen atoms in total. The highest BCUT2D eigenvalue weighted by Gasteiger charge is 2.43. The molecule has 2 aromatic rings. The third kappa shape index (κ3) is 1.45. The molecule has 2 aliphatic heterocycles. The van der Waals surface area contributed by atoms with Gasteiger partial charge < -0.3 is 9.80 Å². The van der Waals surface area contributed by atoms with Gasteiger partial charge in [0, 0.05) is 31.1 Å². The molecule has 0 saturated heterocycles. The zero-order chi connectivity index (χ0) is 15.9. The Bertz CT molecular complexity index is 862. The van der Waals surface area contributed by atoms with Crippen molar-refractivity contribution in [2.75, 3.05) is 19.0 Å². The number of benzene rings is 2. The number of likely N-dealkylation sites (N-methyl/N-ethyl adjacent to an activating group) is 2. The van der Waals surface area contributed by atoms with E-state index in [1.807, 2.05) is 0 Å². The molecule has 0 radical (unpaired) electrons. The van der Waals surface area contributed by atoms with Gasteiger partial charge >= 0.3 is 0 Å². The van der Waals surface area contributed by atoms with E-state index in [0.717, 1.165) is 0 Å². The molecule has 2 heteroatoms. The zero-order valence-electron chi connectivity index (χ0n) is 14.2. The van der Waals surface area contributed by atoms with Crippen molar-refractivity contribution < 1.29 is 0 Å². The second kappa shape index (κ2) is 4.00. The van der Waals surface area contributed by atoms with Crippen LogP contribution in [-0.2, 0) is 5.41 Å². The van der Waals surface area contributed by atoms with E-state index in [9.17, 15) is 0 Å². The number of anilines is 1. The molecule has 0 saturated carbocycles. The first-order chi connectivity index (χ1) is 11.0. The van der Waals surface area contributed by atoms with Gasteiger partial charge in [0.05, 0.1) is 0 Å². The molecule has 3 aliphatic rings. The van der Waals surface area contributed by atoms with Crippen molar-refractivity contribution in [2.24, 2.45) is 0 Å². The van der Waals surface area contributed by atoms with Crippen LogP contribution in [-0.4, -0.2) is 25.2 Å². The average Bonchev–Trinajstić information content (AvgIpc) is 3.12. The Morgan fingerprint density at radius 3 is 2.57 bits per heavy atom. The average molecular weight is 302 g/mol. The molecule has 0 aromatic heterocycles. The highest BCUT2D eigenvalue weighted by atomic mass is 15.4. The molecule has 0 amide bonds. The second-order valence-electron chi connectivity index (χ2n) is 7.68. The first kappa shape index (κ1) is 13.2. The summed E-state index contributed by atoms with van der Waals surface area (Å²) >= 11 is 0. The minimum atomic E-state index is 0.0846. The summed E-state index contributed by atoms with van der Waals surface area (Å²) in [5.74, 6) is 0.487. The van der Waals surface area contributed by atoms with E-state index in [1.54, 1.807) is 0 Å². The van der Waals surface area contributed by atoms with Gasteiger partial charge in [-0.05, 0) is 46.1 Å². The van der Waals surface area contributed by atoms with Crippen LogP contribution in [0.15, 0.2) is 48.7 Å². The predicted molar refractivity (Wildman–Crippen MR) is 95.8 cm³/mol. The van der Waals surface area contributed by atoms with Crippen LogP contribution in [0.5, 0.6) is 0 Å². The van der Waals surface area contributed by atoms with E-state index >= 15 is 0 Å². The summed E-state index contributed by atoms with van der Waals surface area (Å²) in [6, 6.07) is 13.8. The van der Waals surface area contributed by atoms with Crippen LogP contribution in [0.2, 0.25) is 0 Å². The highest BCUT2D eigenvalue weighted by molar-refractivity contribution is 5.85. The minimum Gasteiger partial charge on any atom is -0.360 e. The maximum Gasteiger partial charge on any atom is 0.111 e. The lowest BCUT2D eigenvalue weighted by Crippen LogP contribution is -2.38. The minimum absolute atomic E-state index is 0.0846. The van der Waals surface area contributed by atoms with Crippen LogP contribution in [0.1, 0.15) is 36.5 Å². The molecule has 0 bridgehead atoms. The predicted octanol–water partition coefficient (Wildman–Crippen LogP) is 4.31. The van der Waals surface area contributed by atoms with Crippen molar-refractivity contribution in [1.82, 2.24) is 4.90 Å². The van der Waals surface area contributed by atoms with E-state index in [4.69, 9.17) is 0 Å². The van der Waals surface area contributed by atoms with Crippen molar-refractivity contribution in [1.29, 1.82) is 0 Å². The van der Waals surface area contributed by atoms with Crippen molar-refractivity contribution in [3.8, 4) is 11.1 Å². The van der Waals surface area contributed by atoms with Crippen LogP contribution in [0.25, 0.3) is 11.1 Å². The lowest BCUT2D eigenvalue weighted by molar-refractivity contribution is 0.346. The van der Waals surface area contributed by atoms with Gasteiger partial charge in [0.15, 0.2) is 0 Å². The molecule has 1 aliphatic carbocycles. The standard InChI is InChI=1S/C21H22N2/c1-21(2)17-8-6-5-7-13(17)15-11-16-14-9-10-22(3)20(14)23(4)19(16)12-18(15)21/h5-12,14,20H,1-4H3. The van der Waals surface area contributed by atoms with Gasteiger partial charge in [-0.1, -0.05) is 44.2 Å². The molecular formula is C21H22N2. The molecule has 116 valence electrons. The Labute approximate surface area is 138 Å². The second-order valence-corrected chi connectivity index (χ2v) is 7.68. The molecule has 2 atom stereocenters. The number of hydrogen-bond acceptors (Lipinski definition) is 2. The van der Waals surface area contributed by atoms with Gasteiger partial charge in [0.1, 0.15) is 6.17 Å². The van der Waals surface area contributed by atoms with E-state index in [2.05, 4.69) is 86.4 Å². The Morgan fingerprint density at radius 1 is 0.957 bits per heavy atom. The van der Waals surface area contributed by atoms with Crippen LogP contribution in [0.3, 0.4) is 0 Å². The Kier molecular flexibility index (Phi) is 2.30. The zero-order valence-corrected chi connectivity index (χ0v) is 14.2. The van der Waals surface area contributed by atoms with E-state index in [-0.39, 0.29) is 5.41 Å². The number of rotatable bonds is 0. The third-order valence-electron chi connectivity index (χ3n) is 6.13. The van der Waals surface area contributed by atoms with E-state index in [0.29, 0.717) is 12.1 Å². The van der Waals surface area contributed by atoms with Crippen molar-refractivity contribution in [3.05, 3.63) is 65.4 Å². The van der Waals surface area contributed by atoms with Crippen molar-refractivity contribution in [2.45, 2.75) is 31.3 Å². The Morgan fingerprint density at radius 2 is 1.74 bits per heavy atom. The summed E-state index contributed by atoms with van der Waals surface area (Å²) in [5, 5.41) is 0.